The lowest BCUT2D eigenvalue weighted by molar-refractivity contribution is -0.119. The standard InChI is InChI=1S/C10H7Cl3FNO/c11-5-3-4(1-2-6(5)14)7-8(9(15)16)10(7,12)13/h1-3,7-8H,(H2,15,16). The number of nitrogens with two attached hydrogens (primary N) is 1. The van der Waals surface area contributed by atoms with Crippen molar-refractivity contribution >= 4 is 40.7 Å². The van der Waals surface area contributed by atoms with E-state index in [9.17, 15) is 9.18 Å². The molecule has 0 spiro atoms. The molecule has 1 fully saturated rings. The van der Waals surface area contributed by atoms with Crippen LogP contribution in [-0.2, 0) is 4.79 Å². The molecule has 86 valence electrons. The van der Waals surface area contributed by atoms with Crippen LogP contribution in [0.3, 0.4) is 0 Å². The SMILES string of the molecule is NC(=O)C1C(c2ccc(F)c(Cl)c2)C1(Cl)Cl. The quantitative estimate of drug-likeness (QED) is 0.833. The first kappa shape index (κ1) is 12.0. The summed E-state index contributed by atoms with van der Waals surface area (Å²) in [7, 11) is 0. The summed E-state index contributed by atoms with van der Waals surface area (Å²) in [5.74, 6) is -2.18. The molecule has 0 radical (unpaired) electrons. The first-order chi connectivity index (χ1) is 7.35. The number of rotatable bonds is 2. The maximum absolute atomic E-state index is 12.9. The van der Waals surface area contributed by atoms with Crippen LogP contribution in [0.25, 0.3) is 0 Å². The van der Waals surface area contributed by atoms with Crippen molar-refractivity contribution in [2.24, 2.45) is 11.7 Å². The van der Waals surface area contributed by atoms with E-state index >= 15 is 0 Å². The minimum absolute atomic E-state index is 0.0308. The number of carbonyl (C=O) groups excluding carboxylic acids is 1. The number of halogens is 4. The van der Waals surface area contributed by atoms with Crippen molar-refractivity contribution in [3.8, 4) is 0 Å². The predicted octanol–water partition coefficient (Wildman–Crippen LogP) is 2.85. The molecule has 0 aromatic heterocycles. The monoisotopic (exact) mass is 281 g/mol. The zero-order valence-corrected chi connectivity index (χ0v) is 10.2. The molecule has 0 heterocycles. The lowest BCUT2D eigenvalue weighted by Gasteiger charge is -2.01. The normalized spacial score (nSPS) is 26.5. The number of primary amides is 1. The van der Waals surface area contributed by atoms with E-state index in [0.717, 1.165) is 0 Å². The Bertz CT molecular complexity index is 463. The van der Waals surface area contributed by atoms with Gasteiger partial charge in [-0.15, -0.1) is 23.2 Å². The number of alkyl halides is 2. The van der Waals surface area contributed by atoms with Crippen LogP contribution in [0.1, 0.15) is 11.5 Å². The lowest BCUT2D eigenvalue weighted by Crippen LogP contribution is -2.16. The van der Waals surface area contributed by atoms with Crippen molar-refractivity contribution < 1.29 is 9.18 Å². The summed E-state index contributed by atoms with van der Waals surface area (Å²) >= 11 is 17.5. The second kappa shape index (κ2) is 3.76. The summed E-state index contributed by atoms with van der Waals surface area (Å²) in [5, 5.41) is -0.0308. The van der Waals surface area contributed by atoms with Gasteiger partial charge in [-0.25, -0.2) is 4.39 Å². The molecule has 6 heteroatoms. The summed E-state index contributed by atoms with van der Waals surface area (Å²) < 4.78 is 11.7. The maximum Gasteiger partial charge on any atom is 0.224 e. The molecule has 1 aromatic rings. The van der Waals surface area contributed by atoms with E-state index in [2.05, 4.69) is 0 Å². The number of benzene rings is 1. The third-order valence-electron chi connectivity index (χ3n) is 2.66. The van der Waals surface area contributed by atoms with E-state index < -0.39 is 27.9 Å². The second-order valence-electron chi connectivity index (χ2n) is 3.71. The third-order valence-corrected chi connectivity index (χ3v) is 3.89. The highest BCUT2D eigenvalue weighted by atomic mass is 35.5. The van der Waals surface area contributed by atoms with Gasteiger partial charge in [-0.3, -0.25) is 4.79 Å². The number of hydrogen-bond acceptors (Lipinski definition) is 1. The van der Waals surface area contributed by atoms with Crippen molar-refractivity contribution in [2.45, 2.75) is 10.3 Å². The van der Waals surface area contributed by atoms with Crippen LogP contribution in [0, 0.1) is 11.7 Å². The highest BCUT2D eigenvalue weighted by Gasteiger charge is 2.67. The fourth-order valence-electron chi connectivity index (χ4n) is 1.80. The van der Waals surface area contributed by atoms with Gasteiger partial charge < -0.3 is 5.73 Å². The molecule has 1 aromatic carbocycles. The second-order valence-corrected chi connectivity index (χ2v) is 5.56. The predicted molar refractivity (Wildman–Crippen MR) is 61.3 cm³/mol. The fourth-order valence-corrected chi connectivity index (χ4v) is 2.84. The van der Waals surface area contributed by atoms with Crippen molar-refractivity contribution in [1.29, 1.82) is 0 Å². The van der Waals surface area contributed by atoms with E-state index in [1.807, 2.05) is 0 Å². The molecule has 1 aliphatic carbocycles. The van der Waals surface area contributed by atoms with E-state index in [1.54, 1.807) is 0 Å². The van der Waals surface area contributed by atoms with Crippen molar-refractivity contribution in [2.75, 3.05) is 0 Å². The molecule has 0 aliphatic heterocycles. The zero-order chi connectivity index (χ0) is 12.1. The van der Waals surface area contributed by atoms with Crippen molar-refractivity contribution in [3.05, 3.63) is 34.6 Å². The largest absolute Gasteiger partial charge is 0.369 e. The summed E-state index contributed by atoms with van der Waals surface area (Å²) in [6.07, 6.45) is 0. The maximum atomic E-state index is 12.9. The molecule has 0 bridgehead atoms. The van der Waals surface area contributed by atoms with Crippen LogP contribution in [0.4, 0.5) is 4.39 Å². The molecule has 2 rings (SSSR count). The van der Waals surface area contributed by atoms with Gasteiger partial charge in [-0.1, -0.05) is 17.7 Å². The lowest BCUT2D eigenvalue weighted by atomic mass is 10.1. The summed E-state index contributed by atoms with van der Waals surface area (Å²) in [6.45, 7) is 0. The van der Waals surface area contributed by atoms with Gasteiger partial charge in [-0.2, -0.15) is 0 Å². The summed E-state index contributed by atoms with van der Waals surface area (Å²) in [5.41, 5.74) is 5.77. The molecular weight excluding hydrogens is 275 g/mol. The number of hydrogen-bond donors (Lipinski definition) is 1. The topological polar surface area (TPSA) is 43.1 Å². The molecule has 0 saturated heterocycles. The molecule has 1 saturated carbocycles. The molecule has 2 nitrogen and oxygen atoms in total. The Hall–Kier alpha value is -0.510. The molecular formula is C10H7Cl3FNO. The van der Waals surface area contributed by atoms with Gasteiger partial charge in [0.05, 0.1) is 10.9 Å². The van der Waals surface area contributed by atoms with Crippen LogP contribution >= 0.6 is 34.8 Å². The zero-order valence-electron chi connectivity index (χ0n) is 7.88. The number of amides is 1. The Morgan fingerprint density at radius 1 is 1.44 bits per heavy atom. The average molecular weight is 283 g/mol. The molecule has 2 N–H and O–H groups in total. The Labute approximate surface area is 106 Å². The van der Waals surface area contributed by atoms with Gasteiger partial charge in [0.15, 0.2) is 0 Å². The van der Waals surface area contributed by atoms with Gasteiger partial charge in [0.2, 0.25) is 5.91 Å². The molecule has 2 atom stereocenters. The smallest absolute Gasteiger partial charge is 0.224 e. The Balaban J connectivity index is 2.33. The van der Waals surface area contributed by atoms with E-state index in [-0.39, 0.29) is 5.02 Å². The van der Waals surface area contributed by atoms with E-state index in [1.165, 1.54) is 18.2 Å². The van der Waals surface area contributed by atoms with Gasteiger partial charge in [0.25, 0.3) is 0 Å². The highest BCUT2D eigenvalue weighted by Crippen LogP contribution is 2.64. The summed E-state index contributed by atoms with van der Waals surface area (Å²) in [6, 6.07) is 4.11. The van der Waals surface area contributed by atoms with Crippen LogP contribution in [0.15, 0.2) is 18.2 Å². The summed E-state index contributed by atoms with van der Waals surface area (Å²) in [4.78, 5) is 11.1. The average Bonchev–Trinajstić information content (AvgIpc) is 2.74. The van der Waals surface area contributed by atoms with Gasteiger partial charge in [0.1, 0.15) is 10.2 Å². The molecule has 1 amide bonds. The van der Waals surface area contributed by atoms with Crippen LogP contribution in [-0.4, -0.2) is 10.2 Å². The fraction of sp³-hybridized carbons (Fsp3) is 0.300. The van der Waals surface area contributed by atoms with Crippen molar-refractivity contribution in [3.63, 3.8) is 0 Å². The first-order valence-electron chi connectivity index (χ1n) is 4.47. The van der Waals surface area contributed by atoms with Gasteiger partial charge in [-0.05, 0) is 17.7 Å². The molecule has 2 unspecified atom stereocenters. The molecule has 1 aliphatic rings. The minimum atomic E-state index is -1.22. The van der Waals surface area contributed by atoms with Gasteiger partial charge in [0, 0.05) is 5.92 Å². The van der Waals surface area contributed by atoms with Crippen LogP contribution in [0.2, 0.25) is 5.02 Å². The minimum Gasteiger partial charge on any atom is -0.369 e. The van der Waals surface area contributed by atoms with Crippen LogP contribution in [0.5, 0.6) is 0 Å². The van der Waals surface area contributed by atoms with Crippen molar-refractivity contribution in [1.82, 2.24) is 0 Å². The first-order valence-corrected chi connectivity index (χ1v) is 5.61. The third kappa shape index (κ3) is 1.77. The van der Waals surface area contributed by atoms with E-state index in [0.29, 0.717) is 5.56 Å². The van der Waals surface area contributed by atoms with E-state index in [4.69, 9.17) is 40.5 Å². The van der Waals surface area contributed by atoms with Crippen LogP contribution < -0.4 is 5.73 Å². The highest BCUT2D eigenvalue weighted by molar-refractivity contribution is 6.53. The number of carbonyl (C=O) groups is 1. The Kier molecular flexibility index (Phi) is 2.81. The molecule has 16 heavy (non-hydrogen) atoms. The Morgan fingerprint density at radius 2 is 2.06 bits per heavy atom. The Morgan fingerprint density at radius 3 is 2.50 bits per heavy atom. The van der Waals surface area contributed by atoms with Gasteiger partial charge >= 0.3 is 0 Å².